The summed E-state index contributed by atoms with van der Waals surface area (Å²) in [7, 11) is 1.72. The SMILES string of the molecule is CCCNC(Cc1ccc(C)cc1)c1cccc(OC)c1. The third-order valence-corrected chi connectivity index (χ3v) is 3.70. The van der Waals surface area contributed by atoms with Gasteiger partial charge < -0.3 is 10.1 Å². The van der Waals surface area contributed by atoms with Crippen LogP contribution in [-0.4, -0.2) is 13.7 Å². The molecule has 2 aromatic rings. The summed E-state index contributed by atoms with van der Waals surface area (Å²) in [6, 6.07) is 17.5. The first kappa shape index (κ1) is 15.6. The highest BCUT2D eigenvalue weighted by Gasteiger charge is 2.12. The Kier molecular flexibility index (Phi) is 5.82. The Bertz CT molecular complexity index is 548. The second kappa shape index (κ2) is 7.84. The summed E-state index contributed by atoms with van der Waals surface area (Å²) in [4.78, 5) is 0. The average Bonchev–Trinajstić information content (AvgIpc) is 2.53. The van der Waals surface area contributed by atoms with Crippen LogP contribution in [0.3, 0.4) is 0 Å². The van der Waals surface area contributed by atoms with E-state index in [1.54, 1.807) is 7.11 Å². The molecule has 2 rings (SSSR count). The summed E-state index contributed by atoms with van der Waals surface area (Å²) in [5.41, 5.74) is 3.94. The first-order valence-corrected chi connectivity index (χ1v) is 7.65. The van der Waals surface area contributed by atoms with Gasteiger partial charge in [0.25, 0.3) is 0 Å². The summed E-state index contributed by atoms with van der Waals surface area (Å²) in [5.74, 6) is 0.916. The van der Waals surface area contributed by atoms with Gasteiger partial charge in [-0.1, -0.05) is 48.9 Å². The highest BCUT2D eigenvalue weighted by Crippen LogP contribution is 2.22. The maximum Gasteiger partial charge on any atom is 0.119 e. The summed E-state index contributed by atoms with van der Waals surface area (Å²) >= 11 is 0. The summed E-state index contributed by atoms with van der Waals surface area (Å²) in [6.07, 6.45) is 2.13. The van der Waals surface area contributed by atoms with Crippen LogP contribution >= 0.6 is 0 Å². The van der Waals surface area contributed by atoms with Gasteiger partial charge in [-0.25, -0.2) is 0 Å². The lowest BCUT2D eigenvalue weighted by Crippen LogP contribution is -2.24. The fourth-order valence-electron chi connectivity index (χ4n) is 2.44. The van der Waals surface area contributed by atoms with Crippen LogP contribution in [0.5, 0.6) is 5.75 Å². The minimum Gasteiger partial charge on any atom is -0.497 e. The van der Waals surface area contributed by atoms with Crippen molar-refractivity contribution in [2.75, 3.05) is 13.7 Å². The molecule has 0 saturated carbocycles. The van der Waals surface area contributed by atoms with E-state index in [-0.39, 0.29) is 0 Å². The minimum atomic E-state index is 0.322. The van der Waals surface area contributed by atoms with Crippen LogP contribution in [0.25, 0.3) is 0 Å². The molecule has 2 nitrogen and oxygen atoms in total. The van der Waals surface area contributed by atoms with Crippen molar-refractivity contribution in [2.24, 2.45) is 0 Å². The Labute approximate surface area is 128 Å². The lowest BCUT2D eigenvalue weighted by molar-refractivity contribution is 0.412. The molecule has 112 valence electrons. The van der Waals surface area contributed by atoms with Gasteiger partial charge in [0.05, 0.1) is 7.11 Å². The number of aryl methyl sites for hydroxylation is 1. The van der Waals surface area contributed by atoms with E-state index >= 15 is 0 Å². The molecule has 1 unspecified atom stereocenters. The van der Waals surface area contributed by atoms with Crippen LogP contribution < -0.4 is 10.1 Å². The summed E-state index contributed by atoms with van der Waals surface area (Å²) < 4.78 is 5.35. The van der Waals surface area contributed by atoms with Crippen LogP contribution in [0, 0.1) is 6.92 Å². The quantitative estimate of drug-likeness (QED) is 0.818. The number of hydrogen-bond acceptors (Lipinski definition) is 2. The zero-order chi connectivity index (χ0) is 15.1. The Hall–Kier alpha value is -1.80. The Morgan fingerprint density at radius 3 is 2.52 bits per heavy atom. The van der Waals surface area contributed by atoms with Gasteiger partial charge >= 0.3 is 0 Å². The largest absolute Gasteiger partial charge is 0.497 e. The molecule has 0 aromatic heterocycles. The Morgan fingerprint density at radius 1 is 1.10 bits per heavy atom. The predicted molar refractivity (Wildman–Crippen MR) is 88.9 cm³/mol. The van der Waals surface area contributed by atoms with E-state index in [0.717, 1.165) is 25.1 Å². The first-order valence-electron chi connectivity index (χ1n) is 7.65. The topological polar surface area (TPSA) is 21.3 Å². The molecule has 1 atom stereocenters. The third kappa shape index (κ3) is 4.61. The minimum absolute atomic E-state index is 0.322. The smallest absolute Gasteiger partial charge is 0.119 e. The Balaban J connectivity index is 2.18. The molecule has 0 fully saturated rings. The number of rotatable bonds is 7. The van der Waals surface area contributed by atoms with Crippen molar-refractivity contribution in [1.29, 1.82) is 0 Å². The second-order valence-corrected chi connectivity index (χ2v) is 5.47. The predicted octanol–water partition coefficient (Wildman–Crippen LogP) is 4.29. The molecule has 0 aliphatic heterocycles. The van der Waals surface area contributed by atoms with Gasteiger partial charge in [0, 0.05) is 6.04 Å². The van der Waals surface area contributed by atoms with E-state index < -0.39 is 0 Å². The van der Waals surface area contributed by atoms with Crippen molar-refractivity contribution in [3.63, 3.8) is 0 Å². The molecule has 0 radical (unpaired) electrons. The van der Waals surface area contributed by atoms with E-state index in [1.165, 1.54) is 16.7 Å². The Morgan fingerprint density at radius 2 is 1.86 bits per heavy atom. The van der Waals surface area contributed by atoms with E-state index in [4.69, 9.17) is 4.74 Å². The van der Waals surface area contributed by atoms with Crippen LogP contribution in [-0.2, 0) is 6.42 Å². The number of hydrogen-bond donors (Lipinski definition) is 1. The molecule has 0 amide bonds. The highest BCUT2D eigenvalue weighted by molar-refractivity contribution is 5.32. The molecule has 0 aliphatic carbocycles. The molecule has 0 aliphatic rings. The van der Waals surface area contributed by atoms with Crippen molar-refractivity contribution in [3.8, 4) is 5.75 Å². The molecule has 0 spiro atoms. The maximum absolute atomic E-state index is 5.35. The maximum atomic E-state index is 5.35. The van der Waals surface area contributed by atoms with Gasteiger partial charge in [0.15, 0.2) is 0 Å². The second-order valence-electron chi connectivity index (χ2n) is 5.47. The monoisotopic (exact) mass is 283 g/mol. The molecule has 21 heavy (non-hydrogen) atoms. The van der Waals surface area contributed by atoms with E-state index in [0.29, 0.717) is 6.04 Å². The van der Waals surface area contributed by atoms with Crippen LogP contribution in [0.1, 0.15) is 36.1 Å². The van der Waals surface area contributed by atoms with E-state index in [2.05, 4.69) is 61.6 Å². The number of benzene rings is 2. The van der Waals surface area contributed by atoms with Crippen molar-refractivity contribution >= 4 is 0 Å². The molecule has 1 N–H and O–H groups in total. The average molecular weight is 283 g/mol. The third-order valence-electron chi connectivity index (χ3n) is 3.70. The van der Waals surface area contributed by atoms with Crippen molar-refractivity contribution < 1.29 is 4.74 Å². The van der Waals surface area contributed by atoms with Gasteiger partial charge in [-0.15, -0.1) is 0 Å². The van der Waals surface area contributed by atoms with Gasteiger partial charge in [0.2, 0.25) is 0 Å². The molecule has 0 heterocycles. The van der Waals surface area contributed by atoms with Gasteiger partial charge in [-0.3, -0.25) is 0 Å². The fourth-order valence-corrected chi connectivity index (χ4v) is 2.44. The number of ether oxygens (including phenoxy) is 1. The highest BCUT2D eigenvalue weighted by atomic mass is 16.5. The lowest BCUT2D eigenvalue weighted by Gasteiger charge is -2.20. The van der Waals surface area contributed by atoms with Gasteiger partial charge in [-0.2, -0.15) is 0 Å². The molecule has 0 saturated heterocycles. The molecule has 2 aromatic carbocycles. The summed E-state index contributed by atoms with van der Waals surface area (Å²) in [6.45, 7) is 5.34. The van der Waals surface area contributed by atoms with Crippen LogP contribution in [0.15, 0.2) is 48.5 Å². The van der Waals surface area contributed by atoms with Crippen LogP contribution in [0.2, 0.25) is 0 Å². The normalized spacial score (nSPS) is 12.1. The molecule has 2 heteroatoms. The summed E-state index contributed by atoms with van der Waals surface area (Å²) in [5, 5.41) is 3.64. The first-order chi connectivity index (χ1) is 10.2. The standard InChI is InChI=1S/C19H25NO/c1-4-12-20-19(13-16-10-8-15(2)9-11-16)17-6-5-7-18(14-17)21-3/h5-11,14,19-20H,4,12-13H2,1-3H3. The molecule has 0 bridgehead atoms. The lowest BCUT2D eigenvalue weighted by atomic mass is 9.98. The fraction of sp³-hybridized carbons (Fsp3) is 0.368. The molecular weight excluding hydrogens is 258 g/mol. The zero-order valence-electron chi connectivity index (χ0n) is 13.2. The van der Waals surface area contributed by atoms with E-state index in [9.17, 15) is 0 Å². The van der Waals surface area contributed by atoms with Crippen molar-refractivity contribution in [2.45, 2.75) is 32.7 Å². The number of nitrogens with one attached hydrogen (secondary N) is 1. The van der Waals surface area contributed by atoms with Gasteiger partial charge in [0.1, 0.15) is 5.75 Å². The van der Waals surface area contributed by atoms with Crippen LogP contribution in [0.4, 0.5) is 0 Å². The van der Waals surface area contributed by atoms with Crippen molar-refractivity contribution in [1.82, 2.24) is 5.32 Å². The van der Waals surface area contributed by atoms with Crippen molar-refractivity contribution in [3.05, 3.63) is 65.2 Å². The molecular formula is C19H25NO. The number of methoxy groups -OCH3 is 1. The van der Waals surface area contributed by atoms with Gasteiger partial charge in [-0.05, 0) is 49.6 Å². The van der Waals surface area contributed by atoms with E-state index in [1.807, 2.05) is 6.07 Å². The zero-order valence-corrected chi connectivity index (χ0v) is 13.2.